The van der Waals surface area contributed by atoms with E-state index in [0.29, 0.717) is 19.3 Å². The Morgan fingerprint density at radius 3 is 1.65 bits per heavy atom. The number of hydrogen-bond donors (Lipinski definition) is 7. The minimum absolute atomic E-state index is 0.101. The van der Waals surface area contributed by atoms with E-state index in [2.05, 4.69) is 62.5 Å². The van der Waals surface area contributed by atoms with Crippen LogP contribution >= 0.6 is 0 Å². The highest BCUT2D eigenvalue weighted by molar-refractivity contribution is 5.70. The summed E-state index contributed by atoms with van der Waals surface area (Å²) < 4.78 is 33.4. The highest BCUT2D eigenvalue weighted by Crippen LogP contribution is 2.26. The third kappa shape index (κ3) is 25.5. The van der Waals surface area contributed by atoms with Crippen LogP contribution in [-0.2, 0) is 38.0 Å². The molecule has 0 amide bonds. The molecule has 0 bridgehead atoms. The fourth-order valence-corrected chi connectivity index (χ4v) is 6.69. The van der Waals surface area contributed by atoms with Crippen LogP contribution in [0.1, 0.15) is 117 Å². The smallest absolute Gasteiger partial charge is 0.306 e. The van der Waals surface area contributed by atoms with Gasteiger partial charge in [-0.25, -0.2) is 0 Å². The van der Waals surface area contributed by atoms with E-state index in [4.69, 9.17) is 28.4 Å². The average Bonchev–Trinajstić information content (AvgIpc) is 3.31. The standard InChI is InChI=1S/C51H80O15/c1-3-5-7-9-11-13-15-17-18-19-20-22-23-25-27-29-31-33-42(53)61-36-39(64-43(54)34-32-30-28-26-24-21-16-14-12-10-8-6-4-2)37-62-50-49(60)47(58)45(56)41(66-50)38-63-51-48(59)46(57)44(55)40(35-52)65-51/h6,8,10-14,16-18,20-22,24-25,27,39-41,44-52,55-60H,3-5,7,9,15,19,23,26,28-38H2,1-2H3/b8-6+,12-10+,13-11+,16-14+,18-17+,22-20+,24-21+,27-25+/t39?,40-,41-,44+,45+,46?,47?,48?,49?,50-,51-/m1/s1. The lowest BCUT2D eigenvalue weighted by molar-refractivity contribution is -0.332. The molecule has 0 radical (unpaired) electrons. The normalized spacial score (nSPS) is 27.0. The summed E-state index contributed by atoms with van der Waals surface area (Å²) in [5, 5.41) is 71.9. The summed E-state index contributed by atoms with van der Waals surface area (Å²) in [6.07, 6.45) is 28.8. The Morgan fingerprint density at radius 1 is 0.515 bits per heavy atom. The van der Waals surface area contributed by atoms with E-state index < -0.39 is 99.3 Å². The van der Waals surface area contributed by atoms with Gasteiger partial charge in [0.1, 0.15) is 55.4 Å². The van der Waals surface area contributed by atoms with Crippen LogP contribution in [-0.4, -0.2) is 142 Å². The number of unbranched alkanes of at least 4 members (excludes halogenated alkanes) is 7. The molecule has 11 atom stereocenters. The van der Waals surface area contributed by atoms with Crippen LogP contribution in [0.2, 0.25) is 0 Å². The molecule has 5 unspecified atom stereocenters. The van der Waals surface area contributed by atoms with Crippen molar-refractivity contribution in [3.8, 4) is 0 Å². The molecular weight excluding hydrogens is 853 g/mol. The predicted molar refractivity (Wildman–Crippen MR) is 252 cm³/mol. The molecule has 2 aliphatic rings. The zero-order valence-electron chi connectivity index (χ0n) is 39.1. The van der Waals surface area contributed by atoms with Crippen molar-refractivity contribution in [1.82, 2.24) is 0 Å². The zero-order valence-corrected chi connectivity index (χ0v) is 39.1. The predicted octanol–water partition coefficient (Wildman–Crippen LogP) is 5.81. The monoisotopic (exact) mass is 933 g/mol. The maximum Gasteiger partial charge on any atom is 0.306 e. The molecule has 2 saturated heterocycles. The van der Waals surface area contributed by atoms with Gasteiger partial charge in [-0.3, -0.25) is 9.59 Å². The number of rotatable bonds is 34. The van der Waals surface area contributed by atoms with Crippen LogP contribution in [0.25, 0.3) is 0 Å². The molecule has 0 aromatic carbocycles. The molecule has 15 heteroatoms. The zero-order chi connectivity index (χ0) is 48.2. The first-order valence-electron chi connectivity index (χ1n) is 23.9. The van der Waals surface area contributed by atoms with Gasteiger partial charge in [0, 0.05) is 12.8 Å². The number of aliphatic hydroxyl groups is 7. The number of esters is 2. The van der Waals surface area contributed by atoms with Crippen LogP contribution in [0.4, 0.5) is 0 Å². The summed E-state index contributed by atoms with van der Waals surface area (Å²) in [7, 11) is 0. The van der Waals surface area contributed by atoms with E-state index in [1.165, 1.54) is 19.3 Å². The summed E-state index contributed by atoms with van der Waals surface area (Å²) in [6, 6.07) is 0. The Kier molecular flexibility index (Phi) is 33.2. The lowest BCUT2D eigenvalue weighted by atomic mass is 9.98. The number of allylic oxidation sites excluding steroid dienone is 16. The first kappa shape index (κ1) is 58.5. The molecule has 7 N–H and O–H groups in total. The van der Waals surface area contributed by atoms with Gasteiger partial charge >= 0.3 is 11.9 Å². The Balaban J connectivity index is 1.88. The van der Waals surface area contributed by atoms with Gasteiger partial charge in [0.05, 0.1) is 19.8 Å². The van der Waals surface area contributed by atoms with E-state index in [0.717, 1.165) is 51.4 Å². The van der Waals surface area contributed by atoms with Gasteiger partial charge < -0.3 is 64.2 Å². The van der Waals surface area contributed by atoms with Gasteiger partial charge in [0.2, 0.25) is 0 Å². The van der Waals surface area contributed by atoms with Gasteiger partial charge in [-0.1, -0.05) is 130 Å². The number of hydrogen-bond acceptors (Lipinski definition) is 15. The number of carbonyl (C=O) groups excluding carboxylic acids is 2. The molecule has 0 aromatic heterocycles. The van der Waals surface area contributed by atoms with Crippen molar-refractivity contribution in [1.29, 1.82) is 0 Å². The largest absolute Gasteiger partial charge is 0.462 e. The fraction of sp³-hybridized carbons (Fsp3) is 0.647. The summed E-state index contributed by atoms with van der Waals surface area (Å²) in [6.45, 7) is 2.27. The van der Waals surface area contributed by atoms with Crippen molar-refractivity contribution in [2.75, 3.05) is 26.4 Å². The Hall–Kier alpha value is -3.58. The van der Waals surface area contributed by atoms with Crippen molar-refractivity contribution < 1.29 is 73.8 Å². The van der Waals surface area contributed by atoms with Crippen LogP contribution in [0, 0.1) is 0 Å². The number of aliphatic hydroxyl groups excluding tert-OH is 7. The lowest BCUT2D eigenvalue weighted by Gasteiger charge is -2.42. The van der Waals surface area contributed by atoms with Crippen LogP contribution < -0.4 is 0 Å². The van der Waals surface area contributed by atoms with E-state index in [1.807, 2.05) is 48.6 Å². The number of ether oxygens (including phenoxy) is 6. The van der Waals surface area contributed by atoms with Crippen molar-refractivity contribution in [3.63, 3.8) is 0 Å². The quantitative estimate of drug-likeness (QED) is 0.0175. The summed E-state index contributed by atoms with van der Waals surface area (Å²) in [5.74, 6) is -1.05. The van der Waals surface area contributed by atoms with Crippen molar-refractivity contribution in [2.24, 2.45) is 0 Å². The molecule has 2 rings (SSSR count). The average molecular weight is 933 g/mol. The fourth-order valence-electron chi connectivity index (χ4n) is 6.69. The minimum atomic E-state index is -1.79. The lowest BCUT2D eigenvalue weighted by Crippen LogP contribution is -2.61. The number of carbonyl (C=O) groups is 2. The summed E-state index contributed by atoms with van der Waals surface area (Å²) in [5.41, 5.74) is 0. The maximum absolute atomic E-state index is 12.9. The Labute approximate surface area is 392 Å². The third-order valence-electron chi connectivity index (χ3n) is 10.6. The summed E-state index contributed by atoms with van der Waals surface area (Å²) in [4.78, 5) is 25.6. The van der Waals surface area contributed by atoms with Gasteiger partial charge in [0.15, 0.2) is 18.7 Å². The van der Waals surface area contributed by atoms with Crippen molar-refractivity contribution in [3.05, 3.63) is 97.2 Å². The highest BCUT2D eigenvalue weighted by atomic mass is 16.7. The highest BCUT2D eigenvalue weighted by Gasteiger charge is 2.47. The van der Waals surface area contributed by atoms with Gasteiger partial charge in [-0.05, 0) is 70.6 Å². The minimum Gasteiger partial charge on any atom is -0.462 e. The molecule has 2 aliphatic heterocycles. The topological polar surface area (TPSA) is 231 Å². The van der Waals surface area contributed by atoms with Gasteiger partial charge in [-0.2, -0.15) is 0 Å². The second-order valence-corrected chi connectivity index (χ2v) is 16.3. The van der Waals surface area contributed by atoms with Crippen molar-refractivity contribution in [2.45, 2.75) is 184 Å². The van der Waals surface area contributed by atoms with E-state index >= 15 is 0 Å². The second kappa shape index (κ2) is 37.4. The first-order chi connectivity index (χ1) is 32.0. The van der Waals surface area contributed by atoms with E-state index in [-0.39, 0.29) is 19.4 Å². The molecule has 374 valence electrons. The summed E-state index contributed by atoms with van der Waals surface area (Å²) >= 11 is 0. The molecule has 66 heavy (non-hydrogen) atoms. The molecule has 0 aromatic rings. The molecule has 0 saturated carbocycles. The van der Waals surface area contributed by atoms with E-state index in [1.54, 1.807) is 0 Å². The molecular formula is C51H80O15. The maximum atomic E-state index is 12.9. The molecule has 0 spiro atoms. The first-order valence-corrected chi connectivity index (χ1v) is 23.9. The van der Waals surface area contributed by atoms with Gasteiger partial charge in [0.25, 0.3) is 0 Å². The molecule has 0 aliphatic carbocycles. The Morgan fingerprint density at radius 2 is 1.03 bits per heavy atom. The van der Waals surface area contributed by atoms with E-state index in [9.17, 15) is 45.3 Å². The van der Waals surface area contributed by atoms with Crippen LogP contribution in [0.15, 0.2) is 97.2 Å². The van der Waals surface area contributed by atoms with Crippen LogP contribution in [0.5, 0.6) is 0 Å². The van der Waals surface area contributed by atoms with Crippen LogP contribution in [0.3, 0.4) is 0 Å². The Bertz CT molecular complexity index is 1520. The molecule has 2 heterocycles. The second-order valence-electron chi connectivity index (χ2n) is 16.3. The SMILES string of the molecule is CC/C=C/C=C/C=C/C=C/CCCCCC(=O)OC(COC(=O)CCC/C=C/C/C=C/C/C=C/C/C=C/CCCCC)CO[C@@H]1O[C@H](CO[C@@H]2O[C@H](CO)[C@H](O)C(O)C2O)[C@H](O)C(O)C1O. The molecule has 15 nitrogen and oxygen atoms in total. The molecule has 2 fully saturated rings. The third-order valence-corrected chi connectivity index (χ3v) is 10.6. The van der Waals surface area contributed by atoms with Crippen molar-refractivity contribution >= 4 is 11.9 Å². The van der Waals surface area contributed by atoms with Gasteiger partial charge in [-0.15, -0.1) is 0 Å².